The molecule has 0 saturated carbocycles. The first-order valence-corrected chi connectivity index (χ1v) is 7.40. The fourth-order valence-electron chi connectivity index (χ4n) is 2.07. The maximum absolute atomic E-state index is 11.5. The van der Waals surface area contributed by atoms with Crippen molar-refractivity contribution in [1.29, 1.82) is 0 Å². The van der Waals surface area contributed by atoms with Gasteiger partial charge in [-0.15, -0.1) is 0 Å². The van der Waals surface area contributed by atoms with Gasteiger partial charge in [0.2, 0.25) is 5.76 Å². The number of carboxylic acids is 1. The molecular weight excluding hydrogens is 324 g/mol. The largest absolute Gasteiger partial charge is 0.496 e. The smallest absolute Gasteiger partial charge is 0.371 e. The minimum absolute atomic E-state index is 0.0614. The van der Waals surface area contributed by atoms with E-state index in [4.69, 9.17) is 14.2 Å². The van der Waals surface area contributed by atoms with E-state index in [9.17, 15) is 14.7 Å². The number of hydrogen-bond donors (Lipinski definition) is 1. The van der Waals surface area contributed by atoms with Crippen LogP contribution in [0.15, 0.2) is 48.2 Å². The number of ether oxygens (including phenoxy) is 3. The molecule has 0 unspecified atom stereocenters. The fraction of sp³-hybridized carbons (Fsp3) is 0.158. The van der Waals surface area contributed by atoms with Crippen molar-refractivity contribution in [3.63, 3.8) is 0 Å². The maximum Gasteiger partial charge on any atom is 0.371 e. The van der Waals surface area contributed by atoms with E-state index in [1.807, 2.05) is 0 Å². The van der Waals surface area contributed by atoms with Crippen LogP contribution in [0.4, 0.5) is 0 Å². The van der Waals surface area contributed by atoms with E-state index in [-0.39, 0.29) is 17.3 Å². The molecule has 6 nitrogen and oxygen atoms in total. The highest BCUT2D eigenvalue weighted by atomic mass is 16.5. The average molecular weight is 342 g/mol. The Labute approximate surface area is 145 Å². The molecule has 0 atom stereocenters. The highest BCUT2D eigenvalue weighted by molar-refractivity contribution is 5.94. The fourth-order valence-corrected chi connectivity index (χ4v) is 2.07. The Morgan fingerprint density at radius 3 is 1.88 bits per heavy atom. The standard InChI is InChI=1S/C19H18O6/c1-12(20)14-6-4-13(5-7-14)8-18(19(21)22)25-17-10-15(23-2)9-16(11-17)24-3/h4-11H,1-3H3,(H,21,22). The first-order valence-electron chi connectivity index (χ1n) is 7.40. The Morgan fingerprint density at radius 1 is 0.920 bits per heavy atom. The molecule has 0 aliphatic rings. The van der Waals surface area contributed by atoms with Gasteiger partial charge in [0.1, 0.15) is 17.2 Å². The Bertz CT molecular complexity index is 783. The van der Waals surface area contributed by atoms with Gasteiger partial charge in [-0.05, 0) is 18.6 Å². The molecule has 25 heavy (non-hydrogen) atoms. The molecule has 0 aromatic heterocycles. The van der Waals surface area contributed by atoms with E-state index < -0.39 is 5.97 Å². The highest BCUT2D eigenvalue weighted by Crippen LogP contribution is 2.29. The van der Waals surface area contributed by atoms with Crippen molar-refractivity contribution in [2.75, 3.05) is 14.2 Å². The summed E-state index contributed by atoms with van der Waals surface area (Å²) >= 11 is 0. The SMILES string of the molecule is COc1cc(OC)cc(OC(=Cc2ccc(C(C)=O)cc2)C(=O)O)c1. The predicted octanol–water partition coefficient (Wildman–Crippen LogP) is 3.41. The number of carbonyl (C=O) groups excluding carboxylic acids is 1. The summed E-state index contributed by atoms with van der Waals surface area (Å²) in [5.74, 6) is -0.336. The van der Waals surface area contributed by atoms with Crippen molar-refractivity contribution in [3.8, 4) is 17.2 Å². The Morgan fingerprint density at radius 2 is 1.44 bits per heavy atom. The monoisotopic (exact) mass is 342 g/mol. The lowest BCUT2D eigenvalue weighted by Gasteiger charge is -2.10. The van der Waals surface area contributed by atoms with E-state index in [1.54, 1.807) is 42.5 Å². The lowest BCUT2D eigenvalue weighted by molar-refractivity contribution is -0.134. The number of benzene rings is 2. The molecular formula is C19H18O6. The summed E-state index contributed by atoms with van der Waals surface area (Å²) in [6, 6.07) is 11.3. The van der Waals surface area contributed by atoms with Crippen molar-refractivity contribution >= 4 is 17.8 Å². The minimum Gasteiger partial charge on any atom is -0.496 e. The van der Waals surface area contributed by atoms with Crippen LogP contribution in [-0.4, -0.2) is 31.1 Å². The second-order valence-corrected chi connectivity index (χ2v) is 5.14. The van der Waals surface area contributed by atoms with Gasteiger partial charge in [0.15, 0.2) is 5.78 Å². The summed E-state index contributed by atoms with van der Waals surface area (Å²) in [5.41, 5.74) is 1.14. The minimum atomic E-state index is -1.22. The van der Waals surface area contributed by atoms with Crippen molar-refractivity contribution in [1.82, 2.24) is 0 Å². The van der Waals surface area contributed by atoms with E-state index in [0.717, 1.165) is 0 Å². The second-order valence-electron chi connectivity index (χ2n) is 5.14. The lowest BCUT2D eigenvalue weighted by atomic mass is 10.1. The third kappa shape index (κ3) is 4.84. The number of aliphatic carboxylic acids is 1. The summed E-state index contributed by atoms with van der Waals surface area (Å²) in [5, 5.41) is 9.38. The van der Waals surface area contributed by atoms with Gasteiger partial charge < -0.3 is 19.3 Å². The second kappa shape index (κ2) is 8.01. The molecule has 0 aliphatic carbocycles. The number of carboxylic acid groups (broad SMARTS) is 1. The molecule has 1 N–H and O–H groups in total. The quantitative estimate of drug-likeness (QED) is 0.472. The Kier molecular flexibility index (Phi) is 5.79. The van der Waals surface area contributed by atoms with Gasteiger partial charge in [-0.25, -0.2) is 4.79 Å². The van der Waals surface area contributed by atoms with Crippen LogP contribution in [0.25, 0.3) is 6.08 Å². The van der Waals surface area contributed by atoms with Crippen LogP contribution < -0.4 is 14.2 Å². The summed E-state index contributed by atoms with van der Waals surface area (Å²) in [4.78, 5) is 22.8. The van der Waals surface area contributed by atoms with Gasteiger partial charge in [-0.3, -0.25) is 4.79 Å². The third-order valence-electron chi connectivity index (χ3n) is 3.38. The van der Waals surface area contributed by atoms with Gasteiger partial charge in [-0.1, -0.05) is 24.3 Å². The van der Waals surface area contributed by atoms with Crippen LogP contribution in [0.3, 0.4) is 0 Å². The predicted molar refractivity (Wildman–Crippen MR) is 92.2 cm³/mol. The zero-order valence-corrected chi connectivity index (χ0v) is 14.1. The molecule has 0 bridgehead atoms. The first kappa shape index (κ1) is 18.1. The zero-order valence-electron chi connectivity index (χ0n) is 14.1. The molecule has 2 rings (SSSR count). The molecule has 0 spiro atoms. The third-order valence-corrected chi connectivity index (χ3v) is 3.38. The molecule has 0 saturated heterocycles. The molecule has 130 valence electrons. The van der Waals surface area contributed by atoms with Crippen LogP contribution in [0.5, 0.6) is 17.2 Å². The molecule has 2 aromatic carbocycles. The van der Waals surface area contributed by atoms with Gasteiger partial charge in [0, 0.05) is 23.8 Å². The molecule has 0 aliphatic heterocycles. The normalized spacial score (nSPS) is 10.9. The maximum atomic E-state index is 11.5. The van der Waals surface area contributed by atoms with E-state index in [1.165, 1.54) is 27.2 Å². The molecule has 0 heterocycles. The first-order chi connectivity index (χ1) is 11.9. The van der Waals surface area contributed by atoms with E-state index >= 15 is 0 Å². The van der Waals surface area contributed by atoms with Crippen LogP contribution in [0.2, 0.25) is 0 Å². The van der Waals surface area contributed by atoms with Crippen molar-refractivity contribution < 1.29 is 28.9 Å². The van der Waals surface area contributed by atoms with Crippen LogP contribution >= 0.6 is 0 Å². The summed E-state index contributed by atoms with van der Waals surface area (Å²) in [6.07, 6.45) is 1.37. The highest BCUT2D eigenvalue weighted by Gasteiger charge is 2.13. The van der Waals surface area contributed by atoms with Crippen LogP contribution in [0.1, 0.15) is 22.8 Å². The van der Waals surface area contributed by atoms with Gasteiger partial charge in [-0.2, -0.15) is 0 Å². The van der Waals surface area contributed by atoms with Crippen molar-refractivity contribution in [3.05, 3.63) is 59.4 Å². The van der Waals surface area contributed by atoms with Gasteiger partial charge in [0.25, 0.3) is 0 Å². The lowest BCUT2D eigenvalue weighted by Crippen LogP contribution is -2.08. The summed E-state index contributed by atoms with van der Waals surface area (Å²) in [7, 11) is 2.98. The average Bonchev–Trinajstić information content (AvgIpc) is 2.61. The Hall–Kier alpha value is -3.28. The van der Waals surface area contributed by atoms with Crippen molar-refractivity contribution in [2.45, 2.75) is 6.92 Å². The van der Waals surface area contributed by atoms with E-state index in [0.29, 0.717) is 22.6 Å². The number of Topliss-reactive ketones (excluding diaryl/α,β-unsaturated/α-hetero) is 1. The summed E-state index contributed by atoms with van der Waals surface area (Å²) in [6.45, 7) is 1.47. The van der Waals surface area contributed by atoms with Gasteiger partial charge in [0.05, 0.1) is 14.2 Å². The topological polar surface area (TPSA) is 82.1 Å². The molecule has 6 heteroatoms. The zero-order chi connectivity index (χ0) is 18.4. The molecule has 0 radical (unpaired) electrons. The number of rotatable bonds is 7. The van der Waals surface area contributed by atoms with Gasteiger partial charge >= 0.3 is 5.97 Å². The number of ketones is 1. The van der Waals surface area contributed by atoms with E-state index in [2.05, 4.69) is 0 Å². The number of hydrogen-bond acceptors (Lipinski definition) is 5. The molecule has 0 amide bonds. The van der Waals surface area contributed by atoms with Crippen molar-refractivity contribution in [2.24, 2.45) is 0 Å². The number of methoxy groups -OCH3 is 2. The Balaban J connectivity index is 2.32. The number of carbonyl (C=O) groups is 2. The molecule has 2 aromatic rings. The van der Waals surface area contributed by atoms with Crippen LogP contribution in [-0.2, 0) is 4.79 Å². The van der Waals surface area contributed by atoms with Crippen LogP contribution in [0, 0.1) is 0 Å². The summed E-state index contributed by atoms with van der Waals surface area (Å²) < 4.78 is 15.7. The molecule has 0 fully saturated rings.